The zero-order valence-corrected chi connectivity index (χ0v) is 8.32. The first kappa shape index (κ1) is 10.8. The molecular formula is C8H16N4O2. The molecule has 3 N–H and O–H groups in total. The van der Waals surface area contributed by atoms with Gasteiger partial charge in [-0.1, -0.05) is 0 Å². The van der Waals surface area contributed by atoms with E-state index in [1.807, 2.05) is 6.92 Å². The van der Waals surface area contributed by atoms with Crippen molar-refractivity contribution in [3.63, 3.8) is 0 Å². The molecule has 1 rings (SSSR count). The SMILES string of the molecule is CCNC(=O)CN1CCCN(N)C1=O. The monoisotopic (exact) mass is 200 g/mol. The summed E-state index contributed by atoms with van der Waals surface area (Å²) in [6, 6.07) is -0.275. The molecule has 14 heavy (non-hydrogen) atoms. The lowest BCUT2D eigenvalue weighted by atomic mass is 10.3. The number of hydrogen-bond donors (Lipinski definition) is 2. The highest BCUT2D eigenvalue weighted by Gasteiger charge is 2.24. The fraction of sp³-hybridized carbons (Fsp3) is 0.750. The maximum Gasteiger partial charge on any atom is 0.334 e. The van der Waals surface area contributed by atoms with E-state index in [9.17, 15) is 9.59 Å². The molecule has 1 saturated heterocycles. The molecule has 6 heteroatoms. The summed E-state index contributed by atoms with van der Waals surface area (Å²) in [6.07, 6.45) is 0.807. The van der Waals surface area contributed by atoms with E-state index in [2.05, 4.69) is 5.32 Å². The van der Waals surface area contributed by atoms with E-state index in [4.69, 9.17) is 5.84 Å². The largest absolute Gasteiger partial charge is 0.355 e. The van der Waals surface area contributed by atoms with Gasteiger partial charge in [-0.2, -0.15) is 0 Å². The van der Waals surface area contributed by atoms with Crippen LogP contribution in [0, 0.1) is 0 Å². The Balaban J connectivity index is 2.43. The molecule has 0 spiro atoms. The highest BCUT2D eigenvalue weighted by atomic mass is 16.2. The molecule has 1 aliphatic rings. The lowest BCUT2D eigenvalue weighted by Crippen LogP contribution is -2.54. The predicted octanol–water partition coefficient (Wildman–Crippen LogP) is -0.876. The van der Waals surface area contributed by atoms with Crippen molar-refractivity contribution < 1.29 is 9.59 Å². The number of urea groups is 1. The van der Waals surface area contributed by atoms with Crippen LogP contribution in [-0.2, 0) is 4.79 Å². The molecule has 0 radical (unpaired) electrons. The quantitative estimate of drug-likeness (QED) is 0.459. The van der Waals surface area contributed by atoms with E-state index in [0.29, 0.717) is 19.6 Å². The normalized spacial score (nSPS) is 17.1. The molecular weight excluding hydrogens is 184 g/mol. The number of carbonyl (C=O) groups excluding carboxylic acids is 2. The Kier molecular flexibility index (Phi) is 3.70. The van der Waals surface area contributed by atoms with Gasteiger partial charge in [-0.05, 0) is 13.3 Å². The molecule has 0 aromatic rings. The van der Waals surface area contributed by atoms with Crippen LogP contribution in [0.25, 0.3) is 0 Å². The van der Waals surface area contributed by atoms with Crippen molar-refractivity contribution in [1.29, 1.82) is 0 Å². The van der Waals surface area contributed by atoms with Crippen LogP contribution in [0.4, 0.5) is 4.79 Å². The Morgan fingerprint density at radius 2 is 2.29 bits per heavy atom. The molecule has 0 bridgehead atoms. The molecule has 0 atom stereocenters. The summed E-state index contributed by atoms with van der Waals surface area (Å²) in [5.41, 5.74) is 0. The van der Waals surface area contributed by atoms with Gasteiger partial charge in [0, 0.05) is 19.6 Å². The minimum absolute atomic E-state index is 0.0976. The van der Waals surface area contributed by atoms with E-state index in [-0.39, 0.29) is 18.5 Å². The summed E-state index contributed by atoms with van der Waals surface area (Å²) in [4.78, 5) is 24.1. The second kappa shape index (κ2) is 4.80. The van der Waals surface area contributed by atoms with Crippen LogP contribution in [0.3, 0.4) is 0 Å². The van der Waals surface area contributed by atoms with Crippen LogP contribution in [0.2, 0.25) is 0 Å². The first-order valence-corrected chi connectivity index (χ1v) is 4.73. The third-order valence-corrected chi connectivity index (χ3v) is 2.05. The summed E-state index contributed by atoms with van der Waals surface area (Å²) in [5.74, 6) is 5.29. The van der Waals surface area contributed by atoms with Crippen molar-refractivity contribution in [3.05, 3.63) is 0 Å². The Hall–Kier alpha value is -1.30. The van der Waals surface area contributed by atoms with Gasteiger partial charge in [0.05, 0.1) is 0 Å². The first-order valence-electron chi connectivity index (χ1n) is 4.73. The van der Waals surface area contributed by atoms with Gasteiger partial charge in [0.1, 0.15) is 6.54 Å². The Morgan fingerprint density at radius 3 is 2.93 bits per heavy atom. The smallest absolute Gasteiger partial charge is 0.334 e. The van der Waals surface area contributed by atoms with Crippen LogP contribution in [0.15, 0.2) is 0 Å². The fourth-order valence-corrected chi connectivity index (χ4v) is 1.38. The Labute approximate surface area is 83.0 Å². The molecule has 0 aromatic carbocycles. The first-order chi connectivity index (χ1) is 6.65. The molecule has 6 nitrogen and oxygen atoms in total. The number of nitrogens with zero attached hydrogens (tertiary/aromatic N) is 2. The van der Waals surface area contributed by atoms with Crippen molar-refractivity contribution in [1.82, 2.24) is 15.2 Å². The van der Waals surface area contributed by atoms with Gasteiger partial charge in [-0.3, -0.25) is 9.80 Å². The minimum atomic E-state index is -0.275. The number of carbonyl (C=O) groups is 2. The number of nitrogens with two attached hydrogens (primary N) is 1. The zero-order valence-electron chi connectivity index (χ0n) is 8.32. The van der Waals surface area contributed by atoms with Gasteiger partial charge in [0.25, 0.3) is 0 Å². The van der Waals surface area contributed by atoms with Crippen molar-refractivity contribution >= 4 is 11.9 Å². The molecule has 1 heterocycles. The molecule has 1 aliphatic heterocycles. The van der Waals surface area contributed by atoms with Gasteiger partial charge >= 0.3 is 6.03 Å². The predicted molar refractivity (Wildman–Crippen MR) is 51.2 cm³/mol. The van der Waals surface area contributed by atoms with E-state index < -0.39 is 0 Å². The number of likely N-dealkylation sites (N-methyl/N-ethyl adjacent to an activating group) is 1. The number of hydrogen-bond acceptors (Lipinski definition) is 3. The van der Waals surface area contributed by atoms with E-state index in [0.717, 1.165) is 11.4 Å². The number of rotatable bonds is 3. The lowest BCUT2D eigenvalue weighted by Gasteiger charge is -2.32. The minimum Gasteiger partial charge on any atom is -0.355 e. The molecule has 3 amide bonds. The fourth-order valence-electron chi connectivity index (χ4n) is 1.38. The van der Waals surface area contributed by atoms with Crippen LogP contribution < -0.4 is 11.2 Å². The van der Waals surface area contributed by atoms with Crippen molar-refractivity contribution in [3.8, 4) is 0 Å². The number of hydrazine groups is 1. The summed E-state index contributed by atoms with van der Waals surface area (Å²) in [6.45, 7) is 3.67. The van der Waals surface area contributed by atoms with Crippen LogP contribution >= 0.6 is 0 Å². The number of nitrogens with one attached hydrogen (secondary N) is 1. The Bertz CT molecular complexity index is 231. The van der Waals surface area contributed by atoms with E-state index in [1.165, 1.54) is 4.90 Å². The zero-order chi connectivity index (χ0) is 10.6. The summed E-state index contributed by atoms with van der Waals surface area (Å²) in [7, 11) is 0. The summed E-state index contributed by atoms with van der Waals surface area (Å²) >= 11 is 0. The second-order valence-electron chi connectivity index (χ2n) is 3.20. The van der Waals surface area contributed by atoms with Crippen LogP contribution in [0.5, 0.6) is 0 Å². The van der Waals surface area contributed by atoms with E-state index >= 15 is 0 Å². The maximum atomic E-state index is 11.4. The molecule has 0 unspecified atom stereocenters. The van der Waals surface area contributed by atoms with Gasteiger partial charge in [-0.15, -0.1) is 0 Å². The third kappa shape index (κ3) is 2.59. The maximum absolute atomic E-state index is 11.4. The van der Waals surface area contributed by atoms with Crippen molar-refractivity contribution in [2.24, 2.45) is 5.84 Å². The summed E-state index contributed by atoms with van der Waals surface area (Å²) in [5, 5.41) is 3.78. The Morgan fingerprint density at radius 1 is 1.57 bits per heavy atom. The van der Waals surface area contributed by atoms with Gasteiger partial charge < -0.3 is 10.2 Å². The molecule has 0 aliphatic carbocycles. The van der Waals surface area contributed by atoms with Gasteiger partial charge in [0.15, 0.2) is 0 Å². The van der Waals surface area contributed by atoms with Crippen LogP contribution in [-0.4, -0.2) is 48.0 Å². The highest BCUT2D eigenvalue weighted by Crippen LogP contribution is 2.04. The van der Waals surface area contributed by atoms with Gasteiger partial charge in [0.2, 0.25) is 5.91 Å². The van der Waals surface area contributed by atoms with Crippen molar-refractivity contribution in [2.75, 3.05) is 26.2 Å². The van der Waals surface area contributed by atoms with Crippen molar-refractivity contribution in [2.45, 2.75) is 13.3 Å². The van der Waals surface area contributed by atoms with Gasteiger partial charge in [-0.25, -0.2) is 10.6 Å². The standard InChI is InChI=1S/C8H16N4O2/c1-2-10-7(13)6-11-4-3-5-12(9)8(11)14/h2-6,9H2,1H3,(H,10,13). The lowest BCUT2D eigenvalue weighted by molar-refractivity contribution is -0.121. The topological polar surface area (TPSA) is 78.7 Å². The molecule has 0 saturated carbocycles. The average molecular weight is 200 g/mol. The highest BCUT2D eigenvalue weighted by molar-refractivity contribution is 5.84. The molecule has 1 fully saturated rings. The average Bonchev–Trinajstić information content (AvgIpc) is 2.13. The molecule has 80 valence electrons. The summed E-state index contributed by atoms with van der Waals surface area (Å²) < 4.78 is 0. The van der Waals surface area contributed by atoms with E-state index in [1.54, 1.807) is 0 Å². The van der Waals surface area contributed by atoms with Crippen LogP contribution in [0.1, 0.15) is 13.3 Å². The third-order valence-electron chi connectivity index (χ3n) is 2.05. The second-order valence-corrected chi connectivity index (χ2v) is 3.20. The number of amides is 3. The molecule has 0 aromatic heterocycles.